The molecule has 6 atom stereocenters. The highest BCUT2D eigenvalue weighted by molar-refractivity contribution is 8.01. The normalized spacial score (nSPS) is 25.1. The number of nitrogens with one attached hydrogen (secondary N) is 3. The predicted octanol–water partition coefficient (Wildman–Crippen LogP) is 9.97. The van der Waals surface area contributed by atoms with Gasteiger partial charge in [0.05, 0.1) is 22.1 Å². The summed E-state index contributed by atoms with van der Waals surface area (Å²) in [6, 6.07) is 18.4. The number of aromatic amines is 1. The highest BCUT2D eigenvalue weighted by Crippen LogP contribution is 2.43. The fraction of sp³-hybridized carbons (Fsp3) is 0.491. The van der Waals surface area contributed by atoms with E-state index in [2.05, 4.69) is 63.7 Å². The van der Waals surface area contributed by atoms with Crippen LogP contribution in [0.3, 0.4) is 0 Å². The number of esters is 3. The summed E-state index contributed by atoms with van der Waals surface area (Å²) < 4.78 is 23.5. The number of rotatable bonds is 17. The Morgan fingerprint density at radius 2 is 1.34 bits per heavy atom. The van der Waals surface area contributed by atoms with Crippen molar-refractivity contribution in [3.05, 3.63) is 101 Å². The van der Waals surface area contributed by atoms with Gasteiger partial charge in [0, 0.05) is 17.2 Å². The fourth-order valence-corrected chi connectivity index (χ4v) is 11.2. The summed E-state index contributed by atoms with van der Waals surface area (Å²) >= 11 is 1.19. The molecule has 0 spiro atoms. The molecule has 2 saturated carbocycles. The van der Waals surface area contributed by atoms with Gasteiger partial charge in [0.1, 0.15) is 53.8 Å². The van der Waals surface area contributed by atoms with E-state index in [9.17, 15) is 24.3 Å². The summed E-state index contributed by atoms with van der Waals surface area (Å²) in [4.78, 5) is 78.8. The Bertz CT molecular complexity index is 2470. The maximum atomic E-state index is 15.0. The number of amides is 2. The van der Waals surface area contributed by atoms with Crippen LogP contribution in [-0.2, 0) is 38.1 Å². The zero-order chi connectivity index (χ0) is 51.0. The number of hydrogen-bond acceptors (Lipinski definition) is 12. The number of aliphatic hydroxyl groups is 1. The van der Waals surface area contributed by atoms with E-state index in [1.54, 1.807) is 33.8 Å². The van der Waals surface area contributed by atoms with Crippen LogP contribution in [0.4, 0.5) is 5.82 Å². The fourth-order valence-electron chi connectivity index (χ4n) is 10.3. The van der Waals surface area contributed by atoms with Gasteiger partial charge in [-0.15, -0.1) is 11.8 Å². The quantitative estimate of drug-likeness (QED) is 0.0435. The zero-order valence-corrected chi connectivity index (χ0v) is 42.9. The van der Waals surface area contributed by atoms with Gasteiger partial charge in [-0.3, -0.25) is 9.59 Å². The topological polar surface area (TPSA) is 195 Å². The third-order valence-electron chi connectivity index (χ3n) is 13.6. The lowest BCUT2D eigenvalue weighted by Gasteiger charge is -2.37. The van der Waals surface area contributed by atoms with Crippen molar-refractivity contribution in [1.82, 2.24) is 10.3 Å². The average Bonchev–Trinajstić information content (AvgIpc) is 3.85. The third kappa shape index (κ3) is 12.8. The second-order valence-electron chi connectivity index (χ2n) is 20.2. The van der Waals surface area contributed by atoms with Crippen LogP contribution >= 0.6 is 11.8 Å². The SMILES string of the molecule is C=CC(=O)OCC(C)(C)C(=O)NC1=NC(=Cc2[nH]c(NC(=O)C(C)SC(C)OCO)c(C(=O)OC3C(C)CC(C)CC3C)c2-c2ccccc2)C(c2ccccc2)=C1C(=O)OC1C(C)CC(C)CC1C. The first-order chi connectivity index (χ1) is 33.2. The molecule has 0 radical (unpaired) electrons. The Morgan fingerprint density at radius 3 is 1.87 bits per heavy atom. The number of hydrogen-bond donors (Lipinski definition) is 4. The van der Waals surface area contributed by atoms with Gasteiger partial charge in [-0.25, -0.2) is 19.4 Å². The summed E-state index contributed by atoms with van der Waals surface area (Å²) in [5.41, 5.74) is 0.851. The lowest BCUT2D eigenvalue weighted by molar-refractivity contribution is -0.152. The number of carbonyl (C=O) groups excluding carboxylic acids is 5. The number of allylic oxidation sites excluding steroid dienone is 1. The van der Waals surface area contributed by atoms with Crippen LogP contribution in [0.5, 0.6) is 0 Å². The second kappa shape index (κ2) is 23.4. The first-order valence-electron chi connectivity index (χ1n) is 24.4. The van der Waals surface area contributed by atoms with Crippen LogP contribution in [-0.4, -0.2) is 81.9 Å². The van der Waals surface area contributed by atoms with Gasteiger partial charge in [0.25, 0.3) is 0 Å². The molecule has 3 aliphatic rings. The molecule has 2 aliphatic carbocycles. The van der Waals surface area contributed by atoms with Crippen molar-refractivity contribution >= 4 is 64.8 Å². The minimum absolute atomic E-state index is 0.0169. The molecule has 1 aliphatic heterocycles. The molecular weight excluding hydrogens is 909 g/mol. The van der Waals surface area contributed by atoms with Gasteiger partial charge in [0.2, 0.25) is 11.8 Å². The lowest BCUT2D eigenvalue weighted by Crippen LogP contribution is -2.45. The Balaban J connectivity index is 1.58. The minimum Gasteiger partial charge on any atom is -0.461 e. The highest BCUT2D eigenvalue weighted by Gasteiger charge is 2.41. The van der Waals surface area contributed by atoms with Gasteiger partial charge < -0.3 is 39.7 Å². The standard InChI is InChI=1S/C55H70N4O10S/c1-12-42(61)66-28-55(10,11)54(65)59-50-46(53(64)69-48-34(6)25-31(3)26-35(48)7)44(39-21-17-14-18-22-39)41(57-50)27-40-43(38-19-15-13-16-20-38)45(52(63)68-47-32(4)23-30(2)24-33(47)5)49(56-40)58-51(62)36(8)70-37(9)67-29-60/h12-22,27,30-37,47-48,56,60H,1,23-26,28-29H2,2-11H3,(H,58,62)(H,57,59,65). The molecule has 14 nitrogen and oxygen atoms in total. The number of aliphatic imine (C=N–C) groups is 1. The van der Waals surface area contributed by atoms with Crippen LogP contribution in [0, 0.1) is 40.9 Å². The number of anilines is 1. The minimum atomic E-state index is -1.29. The summed E-state index contributed by atoms with van der Waals surface area (Å²) in [7, 11) is 0. The van der Waals surface area contributed by atoms with Gasteiger partial charge in [-0.05, 0) is 106 Å². The number of benzene rings is 2. The van der Waals surface area contributed by atoms with E-state index in [-0.39, 0.29) is 58.8 Å². The highest BCUT2D eigenvalue weighted by atomic mass is 32.2. The van der Waals surface area contributed by atoms with Crippen LogP contribution in [0.25, 0.3) is 22.8 Å². The van der Waals surface area contributed by atoms with E-state index < -0.39 is 64.8 Å². The summed E-state index contributed by atoms with van der Waals surface area (Å²) in [6.45, 7) is 22.0. The van der Waals surface area contributed by atoms with Crippen LogP contribution < -0.4 is 10.6 Å². The molecule has 6 unspecified atom stereocenters. The van der Waals surface area contributed by atoms with Gasteiger partial charge in [-0.1, -0.05) is 109 Å². The summed E-state index contributed by atoms with van der Waals surface area (Å²) in [6.07, 6.45) is 5.40. The largest absolute Gasteiger partial charge is 0.461 e. The first kappa shape index (κ1) is 53.6. The number of aliphatic hydroxyl groups excluding tert-OH is 1. The van der Waals surface area contributed by atoms with E-state index in [0.29, 0.717) is 39.8 Å². The molecule has 376 valence electrons. The Hall–Kier alpha value is -5.77. The molecule has 2 fully saturated rings. The Labute approximate surface area is 416 Å². The predicted molar refractivity (Wildman–Crippen MR) is 274 cm³/mol. The Morgan fingerprint density at radius 1 is 0.814 bits per heavy atom. The van der Waals surface area contributed by atoms with Crippen LogP contribution in [0.15, 0.2) is 89.6 Å². The van der Waals surface area contributed by atoms with E-state index in [0.717, 1.165) is 31.8 Å². The molecule has 4 N–H and O–H groups in total. The van der Waals surface area contributed by atoms with Gasteiger partial charge >= 0.3 is 17.9 Å². The Kier molecular flexibility index (Phi) is 17.9. The second-order valence-corrected chi connectivity index (χ2v) is 21.9. The van der Waals surface area contributed by atoms with Crippen LogP contribution in [0.2, 0.25) is 0 Å². The van der Waals surface area contributed by atoms with Gasteiger partial charge in [0.15, 0.2) is 0 Å². The molecule has 0 bridgehead atoms. The van der Waals surface area contributed by atoms with E-state index in [1.807, 2.05) is 60.7 Å². The summed E-state index contributed by atoms with van der Waals surface area (Å²) in [5, 5.41) is 14.6. The molecule has 6 rings (SSSR count). The molecular formula is C55H70N4O10S. The molecule has 2 aromatic carbocycles. The van der Waals surface area contributed by atoms with Crippen LogP contribution in [0.1, 0.15) is 117 Å². The maximum absolute atomic E-state index is 15.0. The molecule has 3 aromatic rings. The number of carbonyl (C=O) groups is 5. The van der Waals surface area contributed by atoms with Crippen molar-refractivity contribution in [3.8, 4) is 11.1 Å². The zero-order valence-electron chi connectivity index (χ0n) is 42.1. The smallest absolute Gasteiger partial charge is 0.342 e. The first-order valence-corrected chi connectivity index (χ1v) is 25.3. The van der Waals surface area contributed by atoms with Crippen molar-refractivity contribution in [2.75, 3.05) is 18.7 Å². The molecule has 70 heavy (non-hydrogen) atoms. The average molecular weight is 979 g/mol. The number of thioether (sulfide) groups is 1. The number of ether oxygens (including phenoxy) is 4. The lowest BCUT2D eigenvalue weighted by atomic mass is 9.75. The number of aromatic nitrogens is 1. The number of H-pyrrole nitrogens is 1. The van der Waals surface area contributed by atoms with Crippen molar-refractivity contribution in [2.45, 2.75) is 118 Å². The monoisotopic (exact) mass is 978 g/mol. The number of amidine groups is 1. The maximum Gasteiger partial charge on any atom is 0.342 e. The van der Waals surface area contributed by atoms with Crippen molar-refractivity contribution in [2.24, 2.45) is 45.9 Å². The van der Waals surface area contributed by atoms with Crippen molar-refractivity contribution in [1.29, 1.82) is 0 Å². The summed E-state index contributed by atoms with van der Waals surface area (Å²) in [5.74, 6) is -1.85. The molecule has 15 heteroatoms. The van der Waals surface area contributed by atoms with E-state index in [1.165, 1.54) is 11.8 Å². The van der Waals surface area contributed by atoms with Crippen molar-refractivity contribution in [3.63, 3.8) is 0 Å². The van der Waals surface area contributed by atoms with E-state index >= 15 is 4.79 Å². The molecule has 2 heterocycles. The third-order valence-corrected chi connectivity index (χ3v) is 14.7. The van der Waals surface area contributed by atoms with Crippen molar-refractivity contribution < 1.29 is 48.0 Å². The van der Waals surface area contributed by atoms with Gasteiger partial charge in [-0.2, -0.15) is 0 Å². The van der Waals surface area contributed by atoms with E-state index in [4.69, 9.17) is 23.9 Å². The molecule has 0 saturated heterocycles. The molecule has 1 aromatic heterocycles. The molecule has 2 amide bonds. The number of nitrogens with zero attached hydrogens (tertiary/aromatic N) is 1.